The molecule has 0 radical (unpaired) electrons. The second-order valence-corrected chi connectivity index (χ2v) is 34.5. The van der Waals surface area contributed by atoms with Crippen LogP contribution in [0.2, 0.25) is 0 Å². The van der Waals surface area contributed by atoms with Gasteiger partial charge in [0.25, 0.3) is 0 Å². The van der Waals surface area contributed by atoms with Crippen molar-refractivity contribution in [3.63, 3.8) is 0 Å². The molecule has 6 heterocycles. The number of fused-ring (bicyclic) bond motifs is 8. The Kier molecular flexibility index (Phi) is 41.5. The number of aromatic hydroxyl groups is 2. The van der Waals surface area contributed by atoms with Crippen molar-refractivity contribution in [3.8, 4) is 57.4 Å². The fourth-order valence-electron chi connectivity index (χ4n) is 11.5. The van der Waals surface area contributed by atoms with Gasteiger partial charge in [-0.3, -0.25) is 43.7 Å². The lowest BCUT2D eigenvalue weighted by Crippen LogP contribution is -2.45. The molecule has 0 saturated carbocycles. The Morgan fingerprint density at radius 3 is 1.29 bits per heavy atom. The molecule has 0 aliphatic carbocycles. The van der Waals surface area contributed by atoms with Crippen molar-refractivity contribution in [1.82, 2.24) is 29.5 Å². The predicted molar refractivity (Wildman–Crippen MR) is 509 cm³/mol. The number of hydrogen-bond donors (Lipinski definition) is 10. The number of anilines is 5. The van der Waals surface area contributed by atoms with Crippen molar-refractivity contribution >= 4 is 177 Å². The third-order valence-corrected chi connectivity index (χ3v) is 22.5. The fourth-order valence-corrected chi connectivity index (χ4v) is 13.9. The summed E-state index contributed by atoms with van der Waals surface area (Å²) in [5, 5.41) is 75.5. The zero-order valence-corrected chi connectivity index (χ0v) is 84.4. The number of thiocarbonyl (C=S) groups is 1. The molecule has 0 bridgehead atoms. The summed E-state index contributed by atoms with van der Waals surface area (Å²) in [4.78, 5) is 53.4. The van der Waals surface area contributed by atoms with Gasteiger partial charge in [-0.2, -0.15) is 0 Å². The molecule has 130 heavy (non-hydrogen) atoms. The summed E-state index contributed by atoms with van der Waals surface area (Å²) in [7, 11) is 8.97. The van der Waals surface area contributed by atoms with Crippen LogP contribution in [0.3, 0.4) is 0 Å². The van der Waals surface area contributed by atoms with Crippen LogP contribution >= 0.6 is 114 Å². The summed E-state index contributed by atoms with van der Waals surface area (Å²) in [6.45, 7) is 23.3. The highest BCUT2D eigenvalue weighted by atomic mass is 127. The molecule has 31 nitrogen and oxygen atoms in total. The molecule has 0 amide bonds. The van der Waals surface area contributed by atoms with Crippen LogP contribution in [0.1, 0.15) is 111 Å². The number of nitrogens with two attached hydrogens (primary N) is 3. The van der Waals surface area contributed by atoms with Crippen LogP contribution in [0, 0.1) is 80.6 Å². The highest BCUT2D eigenvalue weighted by Gasteiger charge is 2.41. The average molecular weight is 2280 g/mol. The number of Topliss-reactive ketones (excluding diaryl/α,β-unsaturated/α-hetero) is 2. The smallest absolute Gasteiger partial charge is 0.327 e. The van der Waals surface area contributed by atoms with E-state index in [2.05, 4.69) is 144 Å². The van der Waals surface area contributed by atoms with E-state index in [9.17, 15) is 69.7 Å². The third kappa shape index (κ3) is 28.1. The summed E-state index contributed by atoms with van der Waals surface area (Å²) in [5.41, 5.74) is 15.8. The Balaban J connectivity index is 0.000000307. The highest BCUT2D eigenvalue weighted by molar-refractivity contribution is 14.1. The van der Waals surface area contributed by atoms with E-state index in [4.69, 9.17) is 73.2 Å². The Hall–Kier alpha value is -10.4. The molecule has 4 aliphatic heterocycles. The monoisotopic (exact) mass is 2280 g/mol. The van der Waals surface area contributed by atoms with Crippen LogP contribution in [0.15, 0.2) is 119 Å². The number of nitro benzene ring substituents is 2. The number of nitro groups is 2. The number of aromatic nitrogens is 6. The normalized spacial score (nSPS) is 13.3. The molecule has 46 heteroatoms. The average Bonchev–Trinajstić information content (AvgIpc) is 1.51. The summed E-state index contributed by atoms with van der Waals surface area (Å²) >= 11 is 22.1. The molecule has 0 atom stereocenters. The molecule has 0 unspecified atom stereocenters. The topological polar surface area (TPSA) is 441 Å². The quantitative estimate of drug-likeness (QED) is 0.0116. The van der Waals surface area contributed by atoms with Crippen LogP contribution in [-0.4, -0.2) is 148 Å². The molecule has 0 spiro atoms. The number of aryl methyl sites for hydroxylation is 2. The number of nitrogen functional groups attached to an aromatic ring is 1. The van der Waals surface area contributed by atoms with Crippen LogP contribution in [0.25, 0.3) is 11.4 Å². The van der Waals surface area contributed by atoms with Crippen molar-refractivity contribution in [2.45, 2.75) is 131 Å². The number of carboxylic acids is 1. The zero-order valence-electron chi connectivity index (χ0n) is 73.5. The minimum Gasteiger partial charge on any atom is -0.508 e. The van der Waals surface area contributed by atoms with Gasteiger partial charge in [-0.1, -0.05) is 34.8 Å². The first-order chi connectivity index (χ1) is 60.4. The van der Waals surface area contributed by atoms with Gasteiger partial charge in [0.15, 0.2) is 34.7 Å². The molecule has 2 aromatic heterocycles. The van der Waals surface area contributed by atoms with Gasteiger partial charge in [-0.15, -0.1) is 20.4 Å². The highest BCUT2D eigenvalue weighted by Crippen LogP contribution is 2.48. The van der Waals surface area contributed by atoms with Crippen LogP contribution < -0.4 is 66.9 Å². The number of carbonyl (C=O) groups is 3. The maximum absolute atomic E-state index is 14.3. The minimum absolute atomic E-state index is 0.0262. The summed E-state index contributed by atoms with van der Waals surface area (Å²) in [5.74, 6) is 0.801. The number of nitrogens with one attached hydrogen (secondary N) is 4. The molecule has 14 rings (SSSR count). The van der Waals surface area contributed by atoms with Crippen molar-refractivity contribution < 1.29 is 103 Å². The number of hydrogen-bond acceptors (Lipinski definition) is 27. The molecule has 0 saturated heterocycles. The van der Waals surface area contributed by atoms with E-state index in [1.807, 2.05) is 69.5 Å². The molecule has 706 valence electrons. The third-order valence-electron chi connectivity index (χ3n) is 18.3. The van der Waals surface area contributed by atoms with Gasteiger partial charge in [0.1, 0.15) is 119 Å². The number of rotatable bonds is 10. The standard InChI is InChI=1S/C13H14BrFN4O.C13H15FN4O.C12H14FNO2.C12H14FNOS.C7H5BrFNO3.C7H7BrFNO.C6H3BrFNO3.C6H4BrFO.C4H9NO2.C3H7NO.CH3I/c1-6-17-18-12-13(2,3)16-9-8(15)5-7(14)11(20-4)10(9)19(6)12;1-7-16-17-12-13(2,3)15-10-8(14)5-6-9(19-4)11(10)18(7)12;1-12(2)10(15)6-7-9(16-3)5-4-8(13)11(7)14-12;1-12(2)10(16)6-7-9(15-3)5-4-8(13)11(7)14-12;1-13-5-3-2-4(9)6(8)7(5)10(11)12;1-11-5-3-2-4(9)6(8)7(5)10;7-5-3(8)1-2-4(10)6(5)9(11)12;7-5-3-4(9)1-2-6(5)8;1-4(2,5)3(6)7;1-3(5)2-4;1-2/h5,16H,1-4H3;5-6,15H,1-4H3;2*4-5,14H,6H2,1-3H3;2-3H,1H3;2-3H,10H2,1H3;1-2,10H;1-3,9H;5H2,1-2H3,(H,6,7);2,4H2,1H3;1H3. The number of nitrogens with zero attached hydrogens (tertiary/aromatic N) is 8. The van der Waals surface area contributed by atoms with Crippen molar-refractivity contribution in [3.05, 3.63) is 221 Å². The van der Waals surface area contributed by atoms with E-state index in [1.54, 1.807) is 53.4 Å². The number of carbonyl (C=O) groups excluding carboxylic acids is 2. The number of methoxy groups -OCH3 is 6. The first-order valence-corrected chi connectivity index (χ1v) is 44.1. The van der Waals surface area contributed by atoms with Gasteiger partial charge >= 0.3 is 17.3 Å². The van der Waals surface area contributed by atoms with E-state index in [1.165, 1.54) is 103 Å². The lowest BCUT2D eigenvalue weighted by molar-refractivity contribution is -0.387. The second-order valence-electron chi connectivity index (χ2n) is 30.0. The Bertz CT molecular complexity index is 5720. The van der Waals surface area contributed by atoms with Gasteiger partial charge in [0.05, 0.1) is 123 Å². The van der Waals surface area contributed by atoms with Gasteiger partial charge in [-0.25, -0.2) is 35.1 Å². The number of phenols is 2. The molecule has 10 aromatic rings. The maximum atomic E-state index is 14.3. The molecular weight excluding hydrogens is 2190 g/mol. The summed E-state index contributed by atoms with van der Waals surface area (Å²) < 4.78 is 141. The van der Waals surface area contributed by atoms with E-state index in [0.29, 0.717) is 91.0 Å². The van der Waals surface area contributed by atoms with Crippen molar-refractivity contribution in [2.75, 3.05) is 81.1 Å². The van der Waals surface area contributed by atoms with Gasteiger partial charge < -0.3 is 82.2 Å². The first kappa shape index (κ1) is 112. The van der Waals surface area contributed by atoms with E-state index in [-0.39, 0.29) is 100 Å². The molecular formula is C84H95Br5F8IN15O16S. The predicted octanol–water partition coefficient (Wildman–Crippen LogP) is 20.2. The van der Waals surface area contributed by atoms with Crippen molar-refractivity contribution in [1.29, 1.82) is 0 Å². The fraction of sp³-hybridized carbons (Fsp3) is 0.333. The lowest BCUT2D eigenvalue weighted by Gasteiger charge is -2.35. The maximum Gasteiger partial charge on any atom is 0.327 e. The number of ether oxygens (including phenoxy) is 6. The number of phenolic OH excluding ortho intramolecular Hbond substituents is 2. The summed E-state index contributed by atoms with van der Waals surface area (Å²) in [6.07, 6.45) is 0.780. The van der Waals surface area contributed by atoms with E-state index < -0.39 is 66.7 Å². The van der Waals surface area contributed by atoms with Gasteiger partial charge in [0.2, 0.25) is 0 Å². The number of benzene rings is 8. The van der Waals surface area contributed by atoms with Gasteiger partial charge in [0, 0.05) is 28.8 Å². The zero-order chi connectivity index (χ0) is 99.2. The number of ketones is 2. The molecule has 4 aliphatic rings. The molecule has 13 N–H and O–H groups in total. The largest absolute Gasteiger partial charge is 0.508 e. The lowest BCUT2D eigenvalue weighted by atomic mass is 9.87. The number of halogens is 14. The van der Waals surface area contributed by atoms with E-state index in [0.717, 1.165) is 40.3 Å². The number of aliphatic carboxylic acids is 1. The number of alkyl halides is 1. The van der Waals surface area contributed by atoms with Crippen LogP contribution in [0.5, 0.6) is 46.0 Å². The van der Waals surface area contributed by atoms with Crippen molar-refractivity contribution in [2.24, 2.45) is 11.5 Å². The molecule has 8 aromatic carbocycles. The first-order valence-electron chi connectivity index (χ1n) is 37.6. The van der Waals surface area contributed by atoms with E-state index >= 15 is 0 Å². The van der Waals surface area contributed by atoms with Gasteiger partial charge in [-0.05, 0) is 272 Å². The Morgan fingerprint density at radius 1 is 0.523 bits per heavy atom. The van der Waals surface area contributed by atoms with Crippen LogP contribution in [-0.2, 0) is 38.3 Å². The second kappa shape index (κ2) is 48.2. The Labute approximate surface area is 804 Å². The number of carboxylic acid groups (broad SMARTS) is 1. The Morgan fingerprint density at radius 2 is 0.885 bits per heavy atom. The molecule has 0 fully saturated rings. The minimum atomic E-state index is -1.08. The summed E-state index contributed by atoms with van der Waals surface area (Å²) in [6, 6.07) is 21.1. The van der Waals surface area contributed by atoms with Crippen LogP contribution in [0.4, 0.5) is 74.9 Å². The SMILES string of the molecule is CC(=O)CN.CC(C)(N)C(=O)O.CI.COc1c(Br)cc(F)c2c1-n1c(C)nnc1C(C)(C)N2.COc1ccc(F)c(Br)c1N.COc1ccc(F)c(Br)c1[N+](=O)[O-].COc1ccc(F)c2c1-n1c(C)nnc1C(C)(C)N2.COc1ccc(F)c2c1CC(=O)C(C)(C)N2.COc1ccc(F)c2c1CC(=S)C(C)(C)N2.O=[N+]([O-])c1c(O)ccc(F)c1Br.Oc1ccc(F)c(Br)c1.